The van der Waals surface area contributed by atoms with Crippen molar-refractivity contribution in [2.45, 2.75) is 25.7 Å². The fourth-order valence-corrected chi connectivity index (χ4v) is 4.05. The zero-order valence-electron chi connectivity index (χ0n) is 16.8. The quantitative estimate of drug-likeness (QED) is 0.442. The van der Waals surface area contributed by atoms with Crippen LogP contribution < -0.4 is 15.2 Å². The van der Waals surface area contributed by atoms with Crippen molar-refractivity contribution in [2.75, 3.05) is 7.11 Å². The van der Waals surface area contributed by atoms with Gasteiger partial charge in [-0.15, -0.1) is 0 Å². The Hall–Kier alpha value is -2.77. The number of nitrogens with two attached hydrogens (primary N) is 1. The van der Waals surface area contributed by atoms with Gasteiger partial charge in [0.2, 0.25) is 0 Å². The summed E-state index contributed by atoms with van der Waals surface area (Å²) in [6, 6.07) is 7.92. The van der Waals surface area contributed by atoms with Crippen LogP contribution in [0.5, 0.6) is 17.2 Å². The molecule has 1 aromatic heterocycles. The Labute approximate surface area is 189 Å². The van der Waals surface area contributed by atoms with Gasteiger partial charge in [-0.3, -0.25) is 9.78 Å². The van der Waals surface area contributed by atoms with Gasteiger partial charge in [-0.05, 0) is 53.8 Å². The standard InChI is InChI=1S/C23H20ClFN2O3S/c1-29-20-11-17-15(10-16(20)23(26)28)18(6-7-27-17)30-19-5-4-13(21(24)22(19)25)9-14(31)8-12-2-3-12/h4-7,10-12H,2-3,8-9H2,1H3,(H2,26,28). The van der Waals surface area contributed by atoms with Crippen LogP contribution in [0.25, 0.3) is 10.9 Å². The zero-order valence-corrected chi connectivity index (χ0v) is 18.4. The van der Waals surface area contributed by atoms with E-state index in [9.17, 15) is 9.18 Å². The number of halogens is 2. The summed E-state index contributed by atoms with van der Waals surface area (Å²) in [6.07, 6.45) is 5.27. The third kappa shape index (κ3) is 4.62. The molecule has 8 heteroatoms. The molecule has 31 heavy (non-hydrogen) atoms. The third-order valence-electron chi connectivity index (χ3n) is 5.24. The number of carbonyl (C=O) groups excluding carboxylic acids is 1. The molecule has 1 amide bonds. The van der Waals surface area contributed by atoms with E-state index in [1.165, 1.54) is 38.3 Å². The van der Waals surface area contributed by atoms with Gasteiger partial charge in [0.1, 0.15) is 11.5 Å². The summed E-state index contributed by atoms with van der Waals surface area (Å²) in [6.45, 7) is 0. The lowest BCUT2D eigenvalue weighted by Gasteiger charge is -2.14. The molecule has 1 aliphatic rings. The average Bonchev–Trinajstić information content (AvgIpc) is 3.56. The summed E-state index contributed by atoms with van der Waals surface area (Å²) in [7, 11) is 1.43. The van der Waals surface area contributed by atoms with E-state index in [2.05, 4.69) is 4.98 Å². The molecule has 0 saturated heterocycles. The molecule has 0 aliphatic heterocycles. The highest BCUT2D eigenvalue weighted by molar-refractivity contribution is 7.80. The van der Waals surface area contributed by atoms with Crippen LogP contribution in [0.1, 0.15) is 35.2 Å². The molecule has 2 aromatic carbocycles. The Bertz CT molecular complexity index is 1200. The SMILES string of the molecule is COc1cc2nccc(Oc3ccc(CC(=S)CC4CC4)c(Cl)c3F)c2cc1C(N)=O. The number of hydrogen-bond donors (Lipinski definition) is 1. The van der Waals surface area contributed by atoms with Crippen molar-refractivity contribution < 1.29 is 18.7 Å². The Morgan fingerprint density at radius 3 is 2.71 bits per heavy atom. The summed E-state index contributed by atoms with van der Waals surface area (Å²) < 4.78 is 26.0. The number of carbonyl (C=O) groups is 1. The van der Waals surface area contributed by atoms with E-state index >= 15 is 0 Å². The number of nitrogens with zero attached hydrogens (tertiary/aromatic N) is 1. The molecule has 0 unspecified atom stereocenters. The van der Waals surface area contributed by atoms with E-state index in [4.69, 9.17) is 39.0 Å². The van der Waals surface area contributed by atoms with Crippen LogP contribution >= 0.6 is 23.8 Å². The fraction of sp³-hybridized carbons (Fsp3) is 0.261. The number of thiocarbonyl (C=S) groups is 1. The molecule has 0 bridgehead atoms. The average molecular weight is 459 g/mol. The maximum Gasteiger partial charge on any atom is 0.252 e. The van der Waals surface area contributed by atoms with Crippen LogP contribution in [0.4, 0.5) is 4.39 Å². The first-order chi connectivity index (χ1) is 14.9. The topological polar surface area (TPSA) is 74.4 Å². The van der Waals surface area contributed by atoms with Gasteiger partial charge in [0.25, 0.3) is 5.91 Å². The summed E-state index contributed by atoms with van der Waals surface area (Å²) in [5, 5.41) is 0.482. The fourth-order valence-electron chi connectivity index (χ4n) is 3.43. The van der Waals surface area contributed by atoms with Crippen LogP contribution in [0.2, 0.25) is 5.02 Å². The van der Waals surface area contributed by atoms with E-state index in [-0.39, 0.29) is 16.3 Å². The van der Waals surface area contributed by atoms with Crippen LogP contribution in [-0.2, 0) is 6.42 Å². The molecule has 160 valence electrons. The lowest BCUT2D eigenvalue weighted by atomic mass is 10.1. The predicted molar refractivity (Wildman–Crippen MR) is 122 cm³/mol. The zero-order chi connectivity index (χ0) is 22.1. The van der Waals surface area contributed by atoms with Crippen molar-refractivity contribution in [2.24, 2.45) is 11.7 Å². The normalized spacial score (nSPS) is 13.3. The molecule has 0 atom stereocenters. The first-order valence-corrected chi connectivity index (χ1v) is 10.6. The molecule has 1 saturated carbocycles. The summed E-state index contributed by atoms with van der Waals surface area (Å²) in [5.41, 5.74) is 6.77. The van der Waals surface area contributed by atoms with Crippen LogP contribution in [0.3, 0.4) is 0 Å². The number of pyridine rings is 1. The van der Waals surface area contributed by atoms with E-state index in [0.29, 0.717) is 40.3 Å². The minimum atomic E-state index is -0.665. The molecule has 0 spiro atoms. The second kappa shape index (κ2) is 8.77. The van der Waals surface area contributed by atoms with Gasteiger partial charge in [-0.2, -0.15) is 0 Å². The number of primary amides is 1. The number of amides is 1. The first kappa shape index (κ1) is 21.5. The number of benzene rings is 2. The van der Waals surface area contributed by atoms with E-state index in [0.717, 1.165) is 11.3 Å². The van der Waals surface area contributed by atoms with Gasteiger partial charge in [0, 0.05) is 24.1 Å². The molecule has 5 nitrogen and oxygen atoms in total. The smallest absolute Gasteiger partial charge is 0.252 e. The monoisotopic (exact) mass is 458 g/mol. The van der Waals surface area contributed by atoms with E-state index < -0.39 is 11.7 Å². The van der Waals surface area contributed by atoms with E-state index in [1.807, 2.05) is 0 Å². The molecule has 0 radical (unpaired) electrons. The van der Waals surface area contributed by atoms with Gasteiger partial charge >= 0.3 is 0 Å². The van der Waals surface area contributed by atoms with Crippen molar-refractivity contribution in [3.8, 4) is 17.2 Å². The Balaban J connectivity index is 1.65. The van der Waals surface area contributed by atoms with Crippen molar-refractivity contribution in [1.29, 1.82) is 0 Å². The molecule has 3 aromatic rings. The maximum atomic E-state index is 15.0. The summed E-state index contributed by atoms with van der Waals surface area (Å²) >= 11 is 11.7. The van der Waals surface area contributed by atoms with Gasteiger partial charge in [0.15, 0.2) is 11.6 Å². The van der Waals surface area contributed by atoms with Crippen LogP contribution in [0.15, 0.2) is 36.5 Å². The second-order valence-corrected chi connectivity index (χ2v) is 8.51. The van der Waals surface area contributed by atoms with Crippen molar-refractivity contribution >= 4 is 45.5 Å². The molecule has 1 fully saturated rings. The maximum absolute atomic E-state index is 15.0. The first-order valence-electron chi connectivity index (χ1n) is 9.80. The van der Waals surface area contributed by atoms with E-state index in [1.54, 1.807) is 18.2 Å². The largest absolute Gasteiger partial charge is 0.496 e. The number of hydrogen-bond acceptors (Lipinski definition) is 5. The second-order valence-electron chi connectivity index (χ2n) is 7.56. The van der Waals surface area contributed by atoms with Crippen molar-refractivity contribution in [1.82, 2.24) is 4.98 Å². The van der Waals surface area contributed by atoms with Crippen molar-refractivity contribution in [3.05, 3.63) is 58.5 Å². The lowest BCUT2D eigenvalue weighted by molar-refractivity contribution is 0.0997. The van der Waals surface area contributed by atoms with Gasteiger partial charge in [0.05, 0.1) is 23.2 Å². The highest BCUT2D eigenvalue weighted by Crippen LogP contribution is 2.37. The third-order valence-corrected chi connectivity index (χ3v) is 5.96. The highest BCUT2D eigenvalue weighted by atomic mass is 35.5. The van der Waals surface area contributed by atoms with Gasteiger partial charge in [-0.25, -0.2) is 4.39 Å². The minimum Gasteiger partial charge on any atom is -0.496 e. The number of fused-ring (bicyclic) bond motifs is 1. The molecule has 2 N–H and O–H groups in total. The van der Waals surface area contributed by atoms with Crippen LogP contribution in [-0.4, -0.2) is 22.9 Å². The van der Waals surface area contributed by atoms with Gasteiger partial charge < -0.3 is 15.2 Å². The molecule has 1 heterocycles. The number of ether oxygens (including phenoxy) is 2. The van der Waals surface area contributed by atoms with Gasteiger partial charge in [-0.1, -0.05) is 29.9 Å². The number of methoxy groups -OCH3 is 1. The van der Waals surface area contributed by atoms with Crippen LogP contribution in [0, 0.1) is 11.7 Å². The lowest BCUT2D eigenvalue weighted by Crippen LogP contribution is -2.12. The molecule has 4 rings (SSSR count). The Morgan fingerprint density at radius 2 is 2.03 bits per heavy atom. The number of aromatic nitrogens is 1. The predicted octanol–water partition coefficient (Wildman–Crippen LogP) is 5.64. The number of rotatable bonds is 8. The molecular formula is C23H20ClFN2O3S. The minimum absolute atomic E-state index is 0.00602. The highest BCUT2D eigenvalue weighted by Gasteiger charge is 2.23. The Kier molecular flexibility index (Phi) is 6.07. The molecular weight excluding hydrogens is 439 g/mol. The molecule has 1 aliphatic carbocycles. The van der Waals surface area contributed by atoms with Crippen molar-refractivity contribution in [3.63, 3.8) is 0 Å². The summed E-state index contributed by atoms with van der Waals surface area (Å²) in [5.74, 6) is -0.0859. The summed E-state index contributed by atoms with van der Waals surface area (Å²) in [4.78, 5) is 16.9. The Morgan fingerprint density at radius 1 is 1.26 bits per heavy atom.